The summed E-state index contributed by atoms with van der Waals surface area (Å²) >= 11 is 6.40. The standard InChI is InChI=1S/C26H23ClF2N4O2/c1-33-25(21(27)12-31-33)19-4-2-16(10-20(19)17-7-9-35-14-17)26(34)32-24-13-30-8-6-18(24)15-3-5-22(28)23(29)11-15/h2-5,7,9-12,14,18,24,30H,6,8,13H2,1H3,(H,32,34)/t18-,24+/m0/s1. The van der Waals surface area contributed by atoms with Gasteiger partial charge in [-0.1, -0.05) is 23.7 Å². The van der Waals surface area contributed by atoms with Crippen molar-refractivity contribution >= 4 is 17.5 Å². The largest absolute Gasteiger partial charge is 0.472 e. The van der Waals surface area contributed by atoms with Gasteiger partial charge in [-0.05, 0) is 54.4 Å². The molecule has 2 atom stereocenters. The molecular weight excluding hydrogens is 474 g/mol. The van der Waals surface area contributed by atoms with Crippen LogP contribution in [0.3, 0.4) is 0 Å². The molecule has 2 aromatic carbocycles. The molecule has 5 rings (SSSR count). The van der Waals surface area contributed by atoms with Gasteiger partial charge in [0.25, 0.3) is 5.91 Å². The van der Waals surface area contributed by atoms with Gasteiger partial charge in [-0.25, -0.2) is 8.78 Å². The zero-order valence-electron chi connectivity index (χ0n) is 18.9. The lowest BCUT2D eigenvalue weighted by Gasteiger charge is -2.33. The van der Waals surface area contributed by atoms with Crippen LogP contribution in [0, 0.1) is 11.6 Å². The van der Waals surface area contributed by atoms with Crippen LogP contribution in [-0.2, 0) is 7.05 Å². The number of halogens is 3. The molecule has 2 aromatic heterocycles. The first kappa shape index (κ1) is 23.3. The molecular formula is C26H23ClF2N4O2. The van der Waals surface area contributed by atoms with Crippen molar-refractivity contribution in [1.29, 1.82) is 0 Å². The molecule has 0 aliphatic carbocycles. The second kappa shape index (κ2) is 9.64. The number of piperidine rings is 1. The highest BCUT2D eigenvalue weighted by molar-refractivity contribution is 6.33. The van der Waals surface area contributed by atoms with Crippen molar-refractivity contribution in [2.24, 2.45) is 7.05 Å². The molecule has 1 saturated heterocycles. The maximum atomic E-state index is 13.9. The minimum absolute atomic E-state index is 0.142. The Morgan fingerprint density at radius 3 is 2.74 bits per heavy atom. The lowest BCUT2D eigenvalue weighted by molar-refractivity contribution is 0.0924. The molecule has 9 heteroatoms. The van der Waals surface area contributed by atoms with Gasteiger partial charge in [0.2, 0.25) is 0 Å². The fourth-order valence-corrected chi connectivity index (χ4v) is 4.93. The molecule has 3 heterocycles. The number of rotatable bonds is 5. The molecule has 0 radical (unpaired) electrons. The van der Waals surface area contributed by atoms with E-state index in [9.17, 15) is 13.6 Å². The van der Waals surface area contributed by atoms with Crippen LogP contribution in [0.4, 0.5) is 8.78 Å². The van der Waals surface area contributed by atoms with Crippen molar-refractivity contribution in [2.45, 2.75) is 18.4 Å². The highest BCUT2D eigenvalue weighted by atomic mass is 35.5. The maximum Gasteiger partial charge on any atom is 0.251 e. The first-order chi connectivity index (χ1) is 16.9. The van der Waals surface area contributed by atoms with Crippen LogP contribution in [0.1, 0.15) is 28.3 Å². The molecule has 4 aromatic rings. The fourth-order valence-electron chi connectivity index (χ4n) is 4.67. The van der Waals surface area contributed by atoms with Gasteiger partial charge in [-0.2, -0.15) is 5.10 Å². The van der Waals surface area contributed by atoms with E-state index in [1.165, 1.54) is 6.07 Å². The zero-order valence-corrected chi connectivity index (χ0v) is 19.7. The second-order valence-electron chi connectivity index (χ2n) is 8.59. The van der Waals surface area contributed by atoms with Gasteiger partial charge in [-0.15, -0.1) is 0 Å². The van der Waals surface area contributed by atoms with E-state index < -0.39 is 11.6 Å². The average molecular weight is 497 g/mol. The Kier molecular flexibility index (Phi) is 6.40. The van der Waals surface area contributed by atoms with Crippen LogP contribution in [0.2, 0.25) is 5.02 Å². The van der Waals surface area contributed by atoms with Gasteiger partial charge in [0.05, 0.1) is 29.4 Å². The van der Waals surface area contributed by atoms with Crippen LogP contribution >= 0.6 is 11.6 Å². The number of benzene rings is 2. The number of nitrogens with one attached hydrogen (secondary N) is 2. The van der Waals surface area contributed by atoms with Crippen molar-refractivity contribution < 1.29 is 18.0 Å². The Hall–Kier alpha value is -3.49. The van der Waals surface area contributed by atoms with Crippen LogP contribution in [0.5, 0.6) is 0 Å². The lowest BCUT2D eigenvalue weighted by Crippen LogP contribution is -2.50. The number of amides is 1. The fraction of sp³-hybridized carbons (Fsp3) is 0.231. The van der Waals surface area contributed by atoms with Crippen molar-refractivity contribution in [3.8, 4) is 22.4 Å². The molecule has 0 saturated carbocycles. The number of carbonyl (C=O) groups is 1. The summed E-state index contributed by atoms with van der Waals surface area (Å²) in [6.07, 6.45) is 5.44. The summed E-state index contributed by atoms with van der Waals surface area (Å²) in [5.74, 6) is -2.18. The van der Waals surface area contributed by atoms with Gasteiger partial charge in [-0.3, -0.25) is 9.48 Å². The molecule has 0 bridgehead atoms. The topological polar surface area (TPSA) is 72.1 Å². The number of hydrogen-bond acceptors (Lipinski definition) is 4. The maximum absolute atomic E-state index is 13.9. The highest BCUT2D eigenvalue weighted by Crippen LogP contribution is 2.37. The minimum atomic E-state index is -0.889. The van der Waals surface area contributed by atoms with Crippen LogP contribution in [-0.4, -0.2) is 34.8 Å². The monoisotopic (exact) mass is 496 g/mol. The molecule has 2 N–H and O–H groups in total. The van der Waals surface area contributed by atoms with Crippen LogP contribution < -0.4 is 10.6 Å². The Balaban J connectivity index is 1.46. The first-order valence-corrected chi connectivity index (χ1v) is 11.6. The SMILES string of the molecule is Cn1ncc(Cl)c1-c1ccc(C(=O)N[C@@H]2CNCC[C@H]2c2ccc(F)c(F)c2)cc1-c1ccoc1. The van der Waals surface area contributed by atoms with Gasteiger partial charge in [0.15, 0.2) is 11.6 Å². The quantitative estimate of drug-likeness (QED) is 0.400. The third-order valence-corrected chi connectivity index (χ3v) is 6.71. The number of aryl methyl sites for hydroxylation is 1. The van der Waals surface area contributed by atoms with E-state index in [0.29, 0.717) is 29.1 Å². The van der Waals surface area contributed by atoms with E-state index in [1.54, 1.807) is 48.7 Å². The van der Waals surface area contributed by atoms with E-state index in [0.717, 1.165) is 35.0 Å². The summed E-state index contributed by atoms with van der Waals surface area (Å²) in [5.41, 5.74) is 4.23. The Morgan fingerprint density at radius 2 is 2.03 bits per heavy atom. The Labute approximate surface area is 205 Å². The van der Waals surface area contributed by atoms with Crippen LogP contribution in [0.15, 0.2) is 65.6 Å². The predicted octanol–water partition coefficient (Wildman–Crippen LogP) is 5.15. The van der Waals surface area contributed by atoms with Crippen molar-refractivity contribution in [3.63, 3.8) is 0 Å². The zero-order chi connectivity index (χ0) is 24.5. The summed E-state index contributed by atoms with van der Waals surface area (Å²) in [4.78, 5) is 13.3. The molecule has 1 aliphatic heterocycles. The highest BCUT2D eigenvalue weighted by Gasteiger charge is 2.29. The molecule has 1 amide bonds. The molecule has 0 unspecified atom stereocenters. The Morgan fingerprint density at radius 1 is 1.17 bits per heavy atom. The molecule has 35 heavy (non-hydrogen) atoms. The van der Waals surface area contributed by atoms with Crippen molar-refractivity contribution in [2.75, 3.05) is 13.1 Å². The molecule has 1 aliphatic rings. The van der Waals surface area contributed by atoms with Gasteiger partial charge in [0, 0.05) is 42.2 Å². The van der Waals surface area contributed by atoms with Gasteiger partial charge < -0.3 is 15.1 Å². The minimum Gasteiger partial charge on any atom is -0.472 e. The van der Waals surface area contributed by atoms with Gasteiger partial charge >= 0.3 is 0 Å². The summed E-state index contributed by atoms with van der Waals surface area (Å²) in [6.45, 7) is 1.24. The third kappa shape index (κ3) is 4.59. The number of carbonyl (C=O) groups excluding carboxylic acids is 1. The molecule has 0 spiro atoms. The van der Waals surface area contributed by atoms with E-state index in [2.05, 4.69) is 15.7 Å². The summed E-state index contributed by atoms with van der Waals surface area (Å²) in [7, 11) is 1.80. The molecule has 180 valence electrons. The molecule has 1 fully saturated rings. The third-order valence-electron chi connectivity index (χ3n) is 6.43. The number of hydrogen-bond donors (Lipinski definition) is 2. The van der Waals surface area contributed by atoms with Crippen molar-refractivity contribution in [1.82, 2.24) is 20.4 Å². The normalized spacial score (nSPS) is 17.9. The van der Waals surface area contributed by atoms with E-state index >= 15 is 0 Å². The second-order valence-corrected chi connectivity index (χ2v) is 9.00. The smallest absolute Gasteiger partial charge is 0.251 e. The van der Waals surface area contributed by atoms with Gasteiger partial charge in [0.1, 0.15) is 0 Å². The van der Waals surface area contributed by atoms with Crippen molar-refractivity contribution in [3.05, 3.63) is 89.0 Å². The van der Waals surface area contributed by atoms with E-state index in [1.807, 2.05) is 12.1 Å². The average Bonchev–Trinajstić information content (AvgIpc) is 3.51. The summed E-state index contributed by atoms with van der Waals surface area (Å²) < 4.78 is 34.3. The summed E-state index contributed by atoms with van der Waals surface area (Å²) in [5, 5.41) is 11.1. The lowest BCUT2D eigenvalue weighted by atomic mass is 9.85. The Bertz CT molecular complexity index is 1350. The van der Waals surface area contributed by atoms with E-state index in [4.69, 9.17) is 16.0 Å². The number of furan rings is 1. The van der Waals surface area contributed by atoms with E-state index in [-0.39, 0.29) is 17.9 Å². The first-order valence-electron chi connectivity index (χ1n) is 11.2. The van der Waals surface area contributed by atoms with Crippen LogP contribution in [0.25, 0.3) is 22.4 Å². The predicted molar refractivity (Wildman–Crippen MR) is 129 cm³/mol. The molecule has 6 nitrogen and oxygen atoms in total. The number of aromatic nitrogens is 2. The summed E-state index contributed by atoms with van der Waals surface area (Å²) in [6, 6.07) is 10.8. The number of nitrogens with zero attached hydrogens (tertiary/aromatic N) is 2.